The quantitative estimate of drug-likeness (QED) is 0.569. The Labute approximate surface area is 233 Å². The molecule has 6 nitrogen and oxygen atoms in total. The fourth-order valence-corrected chi connectivity index (χ4v) is 9.82. The number of halogens is 2. The Morgan fingerprint density at radius 3 is 2.65 bits per heavy atom. The number of carbonyl (C=O) groups is 2. The first-order valence-electron chi connectivity index (χ1n) is 14.5. The first-order valence-corrected chi connectivity index (χ1v) is 14.5. The summed E-state index contributed by atoms with van der Waals surface area (Å²) in [5, 5.41) is 23.7. The van der Waals surface area contributed by atoms with Crippen molar-refractivity contribution in [1.29, 1.82) is 0 Å². The molecule has 0 amide bonds. The molecule has 214 valence electrons. The minimum Gasteiger partial charge on any atom is -0.390 e. The van der Waals surface area contributed by atoms with E-state index in [2.05, 4.69) is 12.1 Å². The molecule has 0 bridgehead atoms. The lowest BCUT2D eigenvalue weighted by molar-refractivity contribution is -0.256. The van der Waals surface area contributed by atoms with Crippen LogP contribution in [0.1, 0.15) is 64.4 Å². The number of hydrogen-bond donors (Lipinski definition) is 2. The topological polar surface area (TPSA) is 87.1 Å². The zero-order valence-electron chi connectivity index (χ0n) is 23.2. The highest BCUT2D eigenvalue weighted by Gasteiger charge is 2.83. The van der Waals surface area contributed by atoms with E-state index in [0.29, 0.717) is 18.9 Å². The summed E-state index contributed by atoms with van der Waals surface area (Å²) in [7, 11) is 0. The van der Waals surface area contributed by atoms with Crippen molar-refractivity contribution in [2.75, 3.05) is 18.2 Å². The minimum atomic E-state index is -2.26. The maximum absolute atomic E-state index is 17.7. The molecule has 8 heteroatoms. The van der Waals surface area contributed by atoms with Crippen LogP contribution in [0.3, 0.4) is 0 Å². The van der Waals surface area contributed by atoms with E-state index in [0.717, 1.165) is 18.5 Å². The van der Waals surface area contributed by atoms with Gasteiger partial charge in [-0.3, -0.25) is 19.5 Å². The highest BCUT2D eigenvalue weighted by atomic mass is 19.1. The number of benzene rings is 1. The molecule has 0 aromatic heterocycles. The number of ketones is 2. The second-order valence-electron chi connectivity index (χ2n) is 13.8. The van der Waals surface area contributed by atoms with Crippen LogP contribution in [0.2, 0.25) is 0 Å². The van der Waals surface area contributed by atoms with E-state index in [-0.39, 0.29) is 24.2 Å². The first-order chi connectivity index (χ1) is 18.9. The molecule has 0 spiro atoms. The lowest BCUT2D eigenvalue weighted by Crippen LogP contribution is -2.73. The molecule has 7 rings (SSSR count). The van der Waals surface area contributed by atoms with Crippen molar-refractivity contribution in [3.05, 3.63) is 53.6 Å². The van der Waals surface area contributed by atoms with Gasteiger partial charge in [-0.05, 0) is 85.8 Å². The Morgan fingerprint density at radius 2 is 1.95 bits per heavy atom. The molecule has 0 unspecified atom stereocenters. The molecule has 1 saturated heterocycles. The summed E-state index contributed by atoms with van der Waals surface area (Å²) in [5.74, 6) is -1.70. The number of aliphatic hydroxyl groups is 2. The second kappa shape index (κ2) is 8.11. The van der Waals surface area contributed by atoms with Crippen molar-refractivity contribution >= 4 is 17.3 Å². The van der Waals surface area contributed by atoms with Gasteiger partial charge < -0.3 is 10.2 Å². The van der Waals surface area contributed by atoms with Crippen LogP contribution in [0.4, 0.5) is 14.5 Å². The maximum Gasteiger partial charge on any atom is 0.193 e. The minimum absolute atomic E-state index is 0.0716. The summed E-state index contributed by atoms with van der Waals surface area (Å²) in [6.07, 6.45) is 3.13. The van der Waals surface area contributed by atoms with E-state index in [1.165, 1.54) is 23.8 Å². The summed E-state index contributed by atoms with van der Waals surface area (Å²) in [5.41, 5.74) is -5.18. The number of hydrogen-bond acceptors (Lipinski definition) is 6. The van der Waals surface area contributed by atoms with E-state index in [1.807, 2.05) is 26.0 Å². The van der Waals surface area contributed by atoms with Gasteiger partial charge in [-0.1, -0.05) is 32.1 Å². The first kappa shape index (κ1) is 26.5. The Morgan fingerprint density at radius 1 is 1.20 bits per heavy atom. The molecule has 2 N–H and O–H groups in total. The van der Waals surface area contributed by atoms with E-state index >= 15 is 8.78 Å². The molecule has 5 fully saturated rings. The summed E-state index contributed by atoms with van der Waals surface area (Å²) < 4.78 is 33.6. The van der Waals surface area contributed by atoms with Gasteiger partial charge in [-0.15, -0.1) is 0 Å². The van der Waals surface area contributed by atoms with Crippen LogP contribution < -0.4 is 5.06 Å². The van der Waals surface area contributed by atoms with Gasteiger partial charge in [0.25, 0.3) is 0 Å². The van der Waals surface area contributed by atoms with Gasteiger partial charge in [0.05, 0.1) is 18.3 Å². The van der Waals surface area contributed by atoms with Crippen LogP contribution in [0.15, 0.2) is 48.1 Å². The number of rotatable bonds is 4. The summed E-state index contributed by atoms with van der Waals surface area (Å²) >= 11 is 0. The standard InChI is InChI=1S/C32H37F2NO5/c1-28-10-9-22(37)12-23(28)24(33)13-25-29(2)14-20-16-35(21-6-4-5-19(11-21)18-7-8-18)40-32(20,27(39)17-36)30(29,3)15-26(38)31(25,28)34/h4-6,9-12,18,20,24-26,36,38H,7-8,13-17H2,1-3H3/t20-,24-,25-,26-,28-,29-,30-,31-,32-/m0/s1. The van der Waals surface area contributed by atoms with Crippen molar-refractivity contribution in [1.82, 2.24) is 0 Å². The maximum atomic E-state index is 17.7. The average molecular weight is 554 g/mol. The molecular formula is C32H37F2NO5. The highest BCUT2D eigenvalue weighted by molar-refractivity contribution is 6.01. The van der Waals surface area contributed by atoms with Crippen LogP contribution in [-0.2, 0) is 14.4 Å². The van der Waals surface area contributed by atoms with Crippen molar-refractivity contribution in [2.45, 2.75) is 82.3 Å². The van der Waals surface area contributed by atoms with Crippen molar-refractivity contribution in [3.8, 4) is 0 Å². The van der Waals surface area contributed by atoms with Crippen LogP contribution in [0, 0.1) is 28.1 Å². The monoisotopic (exact) mass is 553 g/mol. The average Bonchev–Trinajstić information content (AvgIpc) is 3.68. The van der Waals surface area contributed by atoms with Gasteiger partial charge >= 0.3 is 0 Å². The van der Waals surface area contributed by atoms with E-state index in [9.17, 15) is 19.8 Å². The van der Waals surface area contributed by atoms with Gasteiger partial charge in [0.2, 0.25) is 0 Å². The van der Waals surface area contributed by atoms with E-state index in [1.54, 1.807) is 12.0 Å². The number of aliphatic hydroxyl groups excluding tert-OH is 2. The molecule has 1 heterocycles. The number of nitrogens with zero attached hydrogens (tertiary/aromatic N) is 1. The molecule has 0 radical (unpaired) electrons. The lowest BCUT2D eigenvalue weighted by Gasteiger charge is -2.67. The number of hydroxylamine groups is 1. The molecule has 1 aliphatic heterocycles. The largest absolute Gasteiger partial charge is 0.390 e. The van der Waals surface area contributed by atoms with Gasteiger partial charge in [0.15, 0.2) is 22.8 Å². The Hall–Kier alpha value is -2.42. The molecule has 40 heavy (non-hydrogen) atoms. The third kappa shape index (κ3) is 2.93. The summed E-state index contributed by atoms with van der Waals surface area (Å²) in [6.45, 7) is 4.95. The Balaban J connectivity index is 1.33. The molecule has 1 aromatic carbocycles. The Kier molecular flexibility index (Phi) is 5.37. The van der Waals surface area contributed by atoms with Gasteiger partial charge in [-0.2, -0.15) is 0 Å². The van der Waals surface area contributed by atoms with E-state index < -0.39 is 64.0 Å². The summed E-state index contributed by atoms with van der Waals surface area (Å²) in [6, 6.07) is 8.09. The zero-order valence-corrected chi connectivity index (χ0v) is 23.2. The predicted molar refractivity (Wildman–Crippen MR) is 144 cm³/mol. The number of fused-ring (bicyclic) bond motifs is 7. The number of carbonyl (C=O) groups excluding carboxylic acids is 2. The van der Waals surface area contributed by atoms with Gasteiger partial charge in [-0.25, -0.2) is 8.78 Å². The van der Waals surface area contributed by atoms with Crippen LogP contribution in [-0.4, -0.2) is 58.5 Å². The van der Waals surface area contributed by atoms with Crippen molar-refractivity contribution in [3.63, 3.8) is 0 Å². The summed E-state index contributed by atoms with van der Waals surface area (Å²) in [4.78, 5) is 32.6. The molecule has 4 saturated carbocycles. The zero-order chi connectivity index (χ0) is 28.5. The van der Waals surface area contributed by atoms with Crippen LogP contribution in [0.5, 0.6) is 0 Å². The third-order valence-electron chi connectivity index (χ3n) is 12.1. The number of anilines is 1. The van der Waals surface area contributed by atoms with Gasteiger partial charge in [0.1, 0.15) is 12.8 Å². The number of allylic oxidation sites excluding steroid dienone is 4. The fourth-order valence-electron chi connectivity index (χ4n) is 9.82. The number of alkyl halides is 2. The van der Waals surface area contributed by atoms with Crippen molar-refractivity contribution < 1.29 is 33.4 Å². The molecule has 9 atom stereocenters. The fraction of sp³-hybridized carbons (Fsp3) is 0.625. The van der Waals surface area contributed by atoms with E-state index in [4.69, 9.17) is 4.84 Å². The van der Waals surface area contributed by atoms with Gasteiger partial charge in [0, 0.05) is 22.7 Å². The van der Waals surface area contributed by atoms with Crippen LogP contribution in [0.25, 0.3) is 0 Å². The highest BCUT2D eigenvalue weighted by Crippen LogP contribution is 2.77. The number of Topliss-reactive ketones (excluding diaryl/α,β-unsaturated/α-hetero) is 1. The normalized spacial score (nSPS) is 47.3. The molecular weight excluding hydrogens is 516 g/mol. The van der Waals surface area contributed by atoms with Crippen LogP contribution >= 0.6 is 0 Å². The SMILES string of the molecule is C[C@]12C[C@H](O)[C@@]3(F)[C@@H](C[C@H](F)C4=CC(=O)C=C[C@@]43C)[C@]1(C)C[C@H]1CN(c3cccc(C4CC4)c3)O[C@]12C(=O)CO. The lowest BCUT2D eigenvalue weighted by atomic mass is 9.39. The molecule has 5 aliphatic carbocycles. The predicted octanol–water partition coefficient (Wildman–Crippen LogP) is 4.55. The van der Waals surface area contributed by atoms with Crippen molar-refractivity contribution in [2.24, 2.45) is 28.1 Å². The Bertz CT molecular complexity index is 1370. The third-order valence-corrected chi connectivity index (χ3v) is 12.1. The molecule has 6 aliphatic rings. The smallest absolute Gasteiger partial charge is 0.193 e. The second-order valence-corrected chi connectivity index (χ2v) is 13.8. The molecule has 1 aromatic rings.